The van der Waals surface area contributed by atoms with Gasteiger partial charge in [0, 0.05) is 21.2 Å². The molecule has 0 radical (unpaired) electrons. The van der Waals surface area contributed by atoms with Gasteiger partial charge in [0.2, 0.25) is 0 Å². The Hall–Kier alpha value is -2.39. The Bertz CT molecular complexity index is 1690. The Kier molecular flexibility index (Phi) is 15.2. The topological polar surface area (TPSA) is 402 Å². The summed E-state index contributed by atoms with van der Waals surface area (Å²) in [4.78, 5) is 13.7. The molecule has 0 aliphatic carbocycles. The number of aliphatic hydroxyl groups excluding tert-OH is 12. The number of anilines is 2. The molecule has 25 heteroatoms. The number of ether oxygens (including phenoxy) is 4. The van der Waals surface area contributed by atoms with Gasteiger partial charge in [-0.2, -0.15) is 0 Å². The van der Waals surface area contributed by atoms with Crippen LogP contribution in [-0.2, 0) is 18.9 Å². The zero-order valence-electron chi connectivity index (χ0n) is 32.5. The van der Waals surface area contributed by atoms with E-state index in [1.165, 1.54) is 48.5 Å². The smallest absolute Gasteiger partial charge is 0.323 e. The molecular formula is C37H52N2O21S2. The fourth-order valence-corrected chi connectivity index (χ4v) is 10.2. The predicted octanol–water partition coefficient (Wildman–Crippen LogP) is -6.46. The summed E-state index contributed by atoms with van der Waals surface area (Å²) in [6, 6.07) is 11.4. The summed E-state index contributed by atoms with van der Waals surface area (Å²) < 4.78 is 21.8. The molecule has 18 N–H and O–H groups in total. The van der Waals surface area contributed by atoms with Crippen LogP contribution in [0.15, 0.2) is 58.3 Å². The quantitative estimate of drug-likeness (QED) is 0.0941. The van der Waals surface area contributed by atoms with E-state index in [0.717, 1.165) is 23.5 Å². The van der Waals surface area contributed by atoms with E-state index in [4.69, 9.17) is 18.9 Å². The molecule has 0 bridgehead atoms. The number of aliphatic hydroxyl groups is 16. The summed E-state index contributed by atoms with van der Waals surface area (Å²) in [7, 11) is 0. The van der Waals surface area contributed by atoms with Crippen LogP contribution in [0.25, 0.3) is 0 Å². The molecule has 4 heterocycles. The Morgan fingerprint density at radius 1 is 0.532 bits per heavy atom. The Balaban J connectivity index is 1.03. The van der Waals surface area contributed by atoms with Crippen molar-refractivity contribution < 1.29 is 105 Å². The molecule has 2 aromatic rings. The van der Waals surface area contributed by atoms with Gasteiger partial charge in [-0.05, 0) is 48.5 Å². The van der Waals surface area contributed by atoms with Crippen LogP contribution in [0.5, 0.6) is 0 Å². The van der Waals surface area contributed by atoms with Crippen molar-refractivity contribution >= 4 is 40.9 Å². The van der Waals surface area contributed by atoms with Gasteiger partial charge in [0.15, 0.2) is 22.4 Å². The Labute approximate surface area is 360 Å². The van der Waals surface area contributed by atoms with E-state index in [9.17, 15) is 86.5 Å². The van der Waals surface area contributed by atoms with Crippen molar-refractivity contribution in [2.75, 3.05) is 50.3 Å². The molecule has 0 saturated carbocycles. The molecule has 4 aliphatic heterocycles. The van der Waals surface area contributed by atoms with Gasteiger partial charge in [-0.15, -0.1) is 0 Å². The van der Waals surface area contributed by atoms with E-state index in [2.05, 4.69) is 10.6 Å². The molecule has 4 saturated heterocycles. The highest BCUT2D eigenvalue weighted by molar-refractivity contribution is 8.00. The summed E-state index contributed by atoms with van der Waals surface area (Å²) in [5.41, 5.74) is -13.7. The molecule has 0 aromatic heterocycles. The van der Waals surface area contributed by atoms with Crippen LogP contribution >= 0.6 is 23.5 Å². The number of rotatable bonds is 12. The van der Waals surface area contributed by atoms with Crippen molar-refractivity contribution in [3.05, 3.63) is 48.5 Å². The van der Waals surface area contributed by atoms with E-state index in [1.54, 1.807) is 0 Å². The monoisotopic (exact) mass is 924 g/mol. The lowest BCUT2D eigenvalue weighted by Gasteiger charge is -2.58. The Morgan fingerprint density at radius 2 is 0.871 bits per heavy atom. The van der Waals surface area contributed by atoms with Crippen LogP contribution in [0.3, 0.4) is 0 Å². The average Bonchev–Trinajstić information content (AvgIpc) is 3.26. The van der Waals surface area contributed by atoms with Crippen molar-refractivity contribution in [2.24, 2.45) is 0 Å². The number of hydrogen-bond acceptors (Lipinski definition) is 23. The normalized spacial score (nSPS) is 43.8. The standard InChI is InChI=1S/C37H52N2O21S2/c40-9-19-23(44)27(48)34(53,13-57-19)36(55)21(11-42)59-31(25(46)29(36)50)61-17-5-1-15(2-6-17)38-33(52)39-16-3-7-18(8-4-16)62-32-26(47)30(51)37(56,22(12-43)60-32)35(54)14-58-20(10-41)24(45)28(35)49/h1-8,19-32,40-51,53-56H,9-14H2,(H2,38,39,52)/t19-,20-,21-,22-,23-,24-,25-,26-,27+,28+,29-,30-,31+,32+,34-,35-,36-,37-/m1/s1. The second-order valence-electron chi connectivity index (χ2n) is 15.5. The highest BCUT2D eigenvalue weighted by Gasteiger charge is 2.71. The number of hydrogen-bond donors (Lipinski definition) is 18. The molecule has 0 unspecified atom stereocenters. The van der Waals surface area contributed by atoms with Crippen LogP contribution in [0.1, 0.15) is 0 Å². The molecule has 348 valence electrons. The molecule has 2 aromatic carbocycles. The van der Waals surface area contributed by atoms with Gasteiger partial charge in [0.05, 0.1) is 39.6 Å². The summed E-state index contributed by atoms with van der Waals surface area (Å²) in [5.74, 6) is 0. The lowest BCUT2D eigenvalue weighted by molar-refractivity contribution is -0.362. The van der Waals surface area contributed by atoms with Crippen molar-refractivity contribution in [3.8, 4) is 0 Å². The van der Waals surface area contributed by atoms with Crippen molar-refractivity contribution in [2.45, 2.75) is 116 Å². The van der Waals surface area contributed by atoms with Gasteiger partial charge in [-0.25, -0.2) is 4.79 Å². The number of thioether (sulfide) groups is 2. The first kappa shape index (κ1) is 49.1. The van der Waals surface area contributed by atoms with Crippen LogP contribution < -0.4 is 10.6 Å². The first-order chi connectivity index (χ1) is 29.2. The largest absolute Gasteiger partial charge is 0.394 e. The summed E-state index contributed by atoms with van der Waals surface area (Å²) >= 11 is 1.70. The molecule has 4 fully saturated rings. The summed E-state index contributed by atoms with van der Waals surface area (Å²) in [5, 5.41) is 176. The molecule has 0 spiro atoms. The van der Waals surface area contributed by atoms with Crippen molar-refractivity contribution in [3.63, 3.8) is 0 Å². The minimum absolute atomic E-state index is 0.306. The van der Waals surface area contributed by atoms with Crippen LogP contribution in [0.4, 0.5) is 16.2 Å². The van der Waals surface area contributed by atoms with E-state index in [1.807, 2.05) is 0 Å². The molecular weight excluding hydrogens is 873 g/mol. The lowest BCUT2D eigenvalue weighted by atomic mass is 9.67. The molecule has 62 heavy (non-hydrogen) atoms. The van der Waals surface area contributed by atoms with Gasteiger partial charge in [-0.3, -0.25) is 0 Å². The first-order valence-electron chi connectivity index (χ1n) is 19.2. The molecule has 2 amide bonds. The average molecular weight is 925 g/mol. The van der Waals surface area contributed by atoms with Gasteiger partial charge < -0.3 is 111 Å². The molecule has 4 aliphatic rings. The number of carbonyl (C=O) groups is 1. The van der Waals surface area contributed by atoms with E-state index < -0.39 is 152 Å². The second kappa shape index (κ2) is 19.2. The maximum Gasteiger partial charge on any atom is 0.323 e. The van der Waals surface area contributed by atoms with Crippen molar-refractivity contribution in [1.82, 2.24) is 0 Å². The van der Waals surface area contributed by atoms with Gasteiger partial charge in [-0.1, -0.05) is 23.5 Å². The molecule has 6 rings (SSSR count). The third-order valence-corrected chi connectivity index (χ3v) is 14.2. The maximum atomic E-state index is 12.8. The summed E-state index contributed by atoms with van der Waals surface area (Å²) in [6.07, 6.45) is -22.9. The zero-order valence-corrected chi connectivity index (χ0v) is 34.1. The zero-order chi connectivity index (χ0) is 45.5. The van der Waals surface area contributed by atoms with E-state index in [0.29, 0.717) is 21.2 Å². The highest BCUT2D eigenvalue weighted by atomic mass is 32.2. The maximum absolute atomic E-state index is 12.8. The van der Waals surface area contributed by atoms with E-state index >= 15 is 0 Å². The highest BCUT2D eigenvalue weighted by Crippen LogP contribution is 2.48. The number of benzene rings is 2. The molecule has 18 atom stereocenters. The van der Waals surface area contributed by atoms with Crippen LogP contribution in [-0.4, -0.2) is 234 Å². The first-order valence-corrected chi connectivity index (χ1v) is 20.9. The fraction of sp³-hybridized carbons (Fsp3) is 0.649. The van der Waals surface area contributed by atoms with Crippen LogP contribution in [0, 0.1) is 0 Å². The Morgan fingerprint density at radius 3 is 1.18 bits per heavy atom. The fourth-order valence-electron chi connectivity index (χ4n) is 8.15. The second-order valence-corrected chi connectivity index (χ2v) is 17.9. The van der Waals surface area contributed by atoms with Gasteiger partial charge in [0.1, 0.15) is 84.1 Å². The third kappa shape index (κ3) is 8.47. The number of urea groups is 1. The van der Waals surface area contributed by atoms with Crippen LogP contribution in [0.2, 0.25) is 0 Å². The minimum atomic E-state index is -2.96. The molecule has 23 nitrogen and oxygen atoms in total. The van der Waals surface area contributed by atoms with Crippen molar-refractivity contribution in [1.29, 1.82) is 0 Å². The minimum Gasteiger partial charge on any atom is -0.394 e. The van der Waals surface area contributed by atoms with Gasteiger partial charge in [0.25, 0.3) is 0 Å². The number of amides is 2. The SMILES string of the molecule is O=C(Nc1ccc(S[C@@H]2O[C@H](CO)[C@](O)([C@@]3(O)CO[C@H](CO)[C@@H](O)[C@@H]3O)[C@H](O)[C@H]2O)cc1)Nc1ccc(S[C@@H]2O[C@H](CO)[C@](O)([C@@]3(O)CO[C@H](CO)[C@@H](O)[C@@H]3O)[C@H](O)[C@H]2O)cc1. The van der Waals surface area contributed by atoms with Gasteiger partial charge >= 0.3 is 6.03 Å². The third-order valence-electron chi connectivity index (χ3n) is 11.9. The predicted molar refractivity (Wildman–Crippen MR) is 210 cm³/mol. The number of nitrogens with one attached hydrogen (secondary N) is 2. The summed E-state index contributed by atoms with van der Waals surface area (Å²) in [6.45, 7) is -5.33. The number of carbonyl (C=O) groups excluding carboxylic acids is 1. The lowest BCUT2D eigenvalue weighted by Crippen LogP contribution is -2.82. The van der Waals surface area contributed by atoms with E-state index in [-0.39, 0.29) is 0 Å².